The van der Waals surface area contributed by atoms with Crippen molar-refractivity contribution in [1.29, 1.82) is 0 Å². The van der Waals surface area contributed by atoms with Crippen LogP contribution in [-0.4, -0.2) is 21.5 Å². The van der Waals surface area contributed by atoms with E-state index in [4.69, 9.17) is 0 Å². The number of fused-ring (bicyclic) bond motifs is 1. The average molecular weight is 299 g/mol. The molecule has 3 rings (SSSR count). The van der Waals surface area contributed by atoms with Gasteiger partial charge in [0.1, 0.15) is 0 Å². The third-order valence-electron chi connectivity index (χ3n) is 4.58. The molecule has 0 amide bonds. The second kappa shape index (κ2) is 5.52. The van der Waals surface area contributed by atoms with Gasteiger partial charge in [0.2, 0.25) is 0 Å². The fourth-order valence-electron chi connectivity index (χ4n) is 3.18. The number of aliphatic hydroxyl groups is 1. The van der Waals surface area contributed by atoms with E-state index in [1.807, 2.05) is 16.9 Å². The van der Waals surface area contributed by atoms with Gasteiger partial charge in [-0.25, -0.2) is 0 Å². The summed E-state index contributed by atoms with van der Waals surface area (Å²) in [6, 6.07) is 8.41. The summed E-state index contributed by atoms with van der Waals surface area (Å²) in [6.07, 6.45) is 5.95. The van der Waals surface area contributed by atoms with Crippen LogP contribution in [0.25, 0.3) is 0 Å². The van der Waals surface area contributed by atoms with E-state index in [0.29, 0.717) is 6.54 Å². The summed E-state index contributed by atoms with van der Waals surface area (Å²) in [6.45, 7) is 7.25. The van der Waals surface area contributed by atoms with Crippen LogP contribution in [0.5, 0.6) is 0 Å². The Morgan fingerprint density at radius 3 is 2.77 bits per heavy atom. The largest absolute Gasteiger partial charge is 0.394 e. The molecular formula is C18H25N3O. The minimum Gasteiger partial charge on any atom is -0.394 e. The van der Waals surface area contributed by atoms with Crippen LogP contribution in [-0.2, 0) is 24.0 Å². The zero-order valence-electron chi connectivity index (χ0n) is 13.6. The lowest BCUT2D eigenvalue weighted by Gasteiger charge is -2.29. The van der Waals surface area contributed by atoms with E-state index in [-0.39, 0.29) is 17.7 Å². The van der Waals surface area contributed by atoms with Crippen molar-refractivity contribution in [3.63, 3.8) is 0 Å². The number of aromatic nitrogens is 2. The molecule has 0 radical (unpaired) electrons. The first-order chi connectivity index (χ1) is 10.4. The zero-order chi connectivity index (χ0) is 15.8. The average Bonchev–Trinajstić information content (AvgIpc) is 3.10. The lowest BCUT2D eigenvalue weighted by molar-refractivity contribution is 0.159. The predicted molar refractivity (Wildman–Crippen MR) is 87.6 cm³/mol. The molecule has 0 bridgehead atoms. The van der Waals surface area contributed by atoms with E-state index in [0.717, 1.165) is 18.4 Å². The van der Waals surface area contributed by atoms with Crippen LogP contribution < -0.4 is 5.32 Å². The second-order valence-electron chi connectivity index (χ2n) is 7.21. The fraction of sp³-hybridized carbons (Fsp3) is 0.500. The standard InChI is InChI=1S/C18H25N3O/c1-17(2,3)21-12-14(11-20-21)10-19-18(13-22)9-8-15-6-4-5-7-16(15)18/h4-7,11-12,19,22H,8-10,13H2,1-3H3. The molecule has 0 spiro atoms. The SMILES string of the molecule is CC(C)(C)n1cc(CNC2(CO)CCc3ccccc32)cn1. The van der Waals surface area contributed by atoms with Crippen molar-refractivity contribution >= 4 is 0 Å². The summed E-state index contributed by atoms with van der Waals surface area (Å²) < 4.78 is 1.98. The molecule has 4 heteroatoms. The van der Waals surface area contributed by atoms with Gasteiger partial charge in [-0.3, -0.25) is 4.68 Å². The highest BCUT2D eigenvalue weighted by Gasteiger charge is 2.37. The first kappa shape index (κ1) is 15.3. The van der Waals surface area contributed by atoms with E-state index in [1.165, 1.54) is 11.1 Å². The second-order valence-corrected chi connectivity index (χ2v) is 7.21. The van der Waals surface area contributed by atoms with Crippen molar-refractivity contribution in [3.8, 4) is 0 Å². The van der Waals surface area contributed by atoms with Gasteiger partial charge in [0, 0.05) is 18.3 Å². The predicted octanol–water partition coefficient (Wildman–Crippen LogP) is 2.56. The molecule has 0 saturated heterocycles. The fourth-order valence-corrected chi connectivity index (χ4v) is 3.18. The molecular weight excluding hydrogens is 274 g/mol. The maximum Gasteiger partial charge on any atom is 0.0677 e. The van der Waals surface area contributed by atoms with Crippen LogP contribution in [0.2, 0.25) is 0 Å². The highest BCUT2D eigenvalue weighted by molar-refractivity contribution is 5.39. The summed E-state index contributed by atoms with van der Waals surface area (Å²) in [7, 11) is 0. The Balaban J connectivity index is 1.77. The Labute approximate surface area is 132 Å². The molecule has 0 fully saturated rings. The molecule has 4 nitrogen and oxygen atoms in total. The third-order valence-corrected chi connectivity index (χ3v) is 4.58. The number of hydrogen-bond acceptors (Lipinski definition) is 3. The van der Waals surface area contributed by atoms with Crippen molar-refractivity contribution in [2.75, 3.05) is 6.61 Å². The molecule has 118 valence electrons. The Bertz CT molecular complexity index is 656. The number of aryl methyl sites for hydroxylation is 1. The summed E-state index contributed by atoms with van der Waals surface area (Å²) in [5, 5.41) is 18.0. The van der Waals surface area contributed by atoms with E-state index >= 15 is 0 Å². The minimum atomic E-state index is -0.319. The van der Waals surface area contributed by atoms with Crippen LogP contribution in [0.4, 0.5) is 0 Å². The molecule has 1 heterocycles. The lowest BCUT2D eigenvalue weighted by Crippen LogP contribution is -2.43. The van der Waals surface area contributed by atoms with Crippen molar-refractivity contribution in [2.24, 2.45) is 0 Å². The van der Waals surface area contributed by atoms with Gasteiger partial charge in [0.15, 0.2) is 0 Å². The summed E-state index contributed by atoms with van der Waals surface area (Å²) in [5.74, 6) is 0. The molecule has 2 N–H and O–H groups in total. The number of nitrogens with zero attached hydrogens (tertiary/aromatic N) is 2. The van der Waals surface area contributed by atoms with Gasteiger partial charge in [0.05, 0.1) is 23.9 Å². The Kier molecular flexibility index (Phi) is 3.83. The van der Waals surface area contributed by atoms with Crippen LogP contribution in [0.1, 0.15) is 43.9 Å². The van der Waals surface area contributed by atoms with Gasteiger partial charge >= 0.3 is 0 Å². The summed E-state index contributed by atoms with van der Waals surface area (Å²) >= 11 is 0. The van der Waals surface area contributed by atoms with Gasteiger partial charge in [-0.1, -0.05) is 24.3 Å². The Hall–Kier alpha value is -1.65. The number of nitrogens with one attached hydrogen (secondary N) is 1. The third kappa shape index (κ3) is 2.69. The number of rotatable bonds is 4. The summed E-state index contributed by atoms with van der Waals surface area (Å²) in [5.41, 5.74) is 3.40. The smallest absolute Gasteiger partial charge is 0.0677 e. The lowest BCUT2D eigenvalue weighted by atomic mass is 9.92. The van der Waals surface area contributed by atoms with E-state index in [2.05, 4.69) is 55.6 Å². The Morgan fingerprint density at radius 1 is 1.32 bits per heavy atom. The molecule has 1 atom stereocenters. The zero-order valence-corrected chi connectivity index (χ0v) is 13.6. The summed E-state index contributed by atoms with van der Waals surface area (Å²) in [4.78, 5) is 0. The first-order valence-corrected chi connectivity index (χ1v) is 7.93. The molecule has 0 aliphatic heterocycles. The highest BCUT2D eigenvalue weighted by atomic mass is 16.3. The van der Waals surface area contributed by atoms with Gasteiger partial charge in [-0.15, -0.1) is 0 Å². The van der Waals surface area contributed by atoms with Crippen LogP contribution >= 0.6 is 0 Å². The maximum atomic E-state index is 9.99. The van der Waals surface area contributed by atoms with Crippen LogP contribution in [0.15, 0.2) is 36.7 Å². The normalized spacial score (nSPS) is 21.1. The van der Waals surface area contributed by atoms with Gasteiger partial charge in [-0.05, 0) is 44.7 Å². The van der Waals surface area contributed by atoms with Gasteiger partial charge in [0.25, 0.3) is 0 Å². The van der Waals surface area contributed by atoms with Gasteiger partial charge in [-0.2, -0.15) is 5.10 Å². The Morgan fingerprint density at radius 2 is 2.09 bits per heavy atom. The molecule has 1 unspecified atom stereocenters. The van der Waals surface area contributed by atoms with Crippen molar-refractivity contribution < 1.29 is 5.11 Å². The van der Waals surface area contributed by atoms with Crippen molar-refractivity contribution in [1.82, 2.24) is 15.1 Å². The monoisotopic (exact) mass is 299 g/mol. The number of aliphatic hydroxyl groups excluding tert-OH is 1. The number of benzene rings is 1. The van der Waals surface area contributed by atoms with Crippen molar-refractivity contribution in [2.45, 2.75) is 51.2 Å². The molecule has 1 aromatic carbocycles. The molecule has 1 aromatic heterocycles. The van der Waals surface area contributed by atoms with E-state index in [9.17, 15) is 5.11 Å². The topological polar surface area (TPSA) is 50.1 Å². The minimum absolute atomic E-state index is 0.00707. The maximum absolute atomic E-state index is 9.99. The molecule has 22 heavy (non-hydrogen) atoms. The molecule has 2 aromatic rings. The van der Waals surface area contributed by atoms with Gasteiger partial charge < -0.3 is 10.4 Å². The molecule has 1 aliphatic carbocycles. The number of hydrogen-bond donors (Lipinski definition) is 2. The molecule has 0 saturated carbocycles. The van der Waals surface area contributed by atoms with E-state index < -0.39 is 0 Å². The van der Waals surface area contributed by atoms with Crippen molar-refractivity contribution in [3.05, 3.63) is 53.3 Å². The highest BCUT2D eigenvalue weighted by Crippen LogP contribution is 2.36. The van der Waals surface area contributed by atoms with Crippen LogP contribution in [0.3, 0.4) is 0 Å². The van der Waals surface area contributed by atoms with Crippen LogP contribution in [0, 0.1) is 0 Å². The quantitative estimate of drug-likeness (QED) is 0.912. The first-order valence-electron chi connectivity index (χ1n) is 7.93. The van der Waals surface area contributed by atoms with E-state index in [1.54, 1.807) is 0 Å². The molecule has 1 aliphatic rings.